The first-order chi connectivity index (χ1) is 12.3. The number of hydrogen-bond acceptors (Lipinski definition) is 4. The van der Waals surface area contributed by atoms with Crippen molar-refractivity contribution in [2.45, 2.75) is 25.3 Å². The zero-order valence-electron chi connectivity index (χ0n) is 13.9. The molecule has 0 radical (unpaired) electrons. The van der Waals surface area contributed by atoms with Gasteiger partial charge in [0, 0.05) is 19.0 Å². The summed E-state index contributed by atoms with van der Waals surface area (Å²) in [6.07, 6.45) is 5.27. The van der Waals surface area contributed by atoms with E-state index in [4.69, 9.17) is 4.42 Å². The van der Waals surface area contributed by atoms with Crippen LogP contribution in [0.1, 0.15) is 40.7 Å². The van der Waals surface area contributed by atoms with E-state index in [1.54, 1.807) is 18.5 Å². The summed E-state index contributed by atoms with van der Waals surface area (Å²) in [5.74, 6) is 1.48. The van der Waals surface area contributed by atoms with E-state index in [2.05, 4.69) is 26.9 Å². The van der Waals surface area contributed by atoms with Crippen molar-refractivity contribution in [3.63, 3.8) is 0 Å². The van der Waals surface area contributed by atoms with Crippen LogP contribution in [0.3, 0.4) is 0 Å². The molecule has 3 heterocycles. The van der Waals surface area contributed by atoms with Gasteiger partial charge in [0.25, 0.3) is 5.91 Å². The lowest BCUT2D eigenvalue weighted by molar-refractivity contribution is 0.0671. The Morgan fingerprint density at radius 2 is 2.08 bits per heavy atom. The third-order valence-corrected chi connectivity index (χ3v) is 4.65. The quantitative estimate of drug-likeness (QED) is 0.735. The van der Waals surface area contributed by atoms with E-state index >= 15 is 0 Å². The monoisotopic (exact) mass is 336 g/mol. The van der Waals surface area contributed by atoms with Gasteiger partial charge < -0.3 is 13.9 Å². The van der Waals surface area contributed by atoms with Crippen LogP contribution in [0.5, 0.6) is 0 Å². The Morgan fingerprint density at radius 1 is 1.20 bits per heavy atom. The van der Waals surface area contributed by atoms with E-state index in [9.17, 15) is 4.79 Å². The maximum atomic E-state index is 12.5. The number of hydrogen-bond donors (Lipinski definition) is 0. The molecule has 1 aliphatic heterocycles. The molecule has 0 N–H and O–H groups in total. The molecule has 0 aliphatic carbocycles. The van der Waals surface area contributed by atoms with Crippen molar-refractivity contribution in [1.82, 2.24) is 19.7 Å². The summed E-state index contributed by atoms with van der Waals surface area (Å²) in [7, 11) is 0. The fourth-order valence-electron chi connectivity index (χ4n) is 3.41. The Kier molecular flexibility index (Phi) is 4.33. The van der Waals surface area contributed by atoms with Gasteiger partial charge in [0.05, 0.1) is 12.8 Å². The van der Waals surface area contributed by atoms with Crippen LogP contribution >= 0.6 is 0 Å². The summed E-state index contributed by atoms with van der Waals surface area (Å²) in [5.41, 5.74) is 1.21. The van der Waals surface area contributed by atoms with Crippen molar-refractivity contribution in [2.24, 2.45) is 0 Å². The highest BCUT2D eigenvalue weighted by Gasteiger charge is 2.29. The van der Waals surface area contributed by atoms with Crippen LogP contribution in [0.2, 0.25) is 0 Å². The second kappa shape index (κ2) is 6.93. The van der Waals surface area contributed by atoms with Crippen LogP contribution in [0, 0.1) is 0 Å². The van der Waals surface area contributed by atoms with E-state index in [0.29, 0.717) is 12.3 Å². The smallest absolute Gasteiger partial charge is 0.289 e. The van der Waals surface area contributed by atoms with E-state index in [1.165, 1.54) is 11.8 Å². The van der Waals surface area contributed by atoms with Gasteiger partial charge in [-0.25, -0.2) is 0 Å². The molecule has 1 aromatic carbocycles. The molecule has 4 rings (SSSR count). The topological polar surface area (TPSA) is 64.2 Å². The van der Waals surface area contributed by atoms with Crippen LogP contribution in [-0.4, -0.2) is 38.7 Å². The van der Waals surface area contributed by atoms with Crippen molar-refractivity contribution in [3.05, 3.63) is 72.2 Å². The van der Waals surface area contributed by atoms with Gasteiger partial charge in [0.2, 0.25) is 0 Å². The second-order valence-corrected chi connectivity index (χ2v) is 6.37. The number of carbonyl (C=O) groups excluding carboxylic acids is 1. The highest BCUT2D eigenvalue weighted by atomic mass is 16.3. The molecule has 0 saturated carbocycles. The number of amides is 1. The van der Waals surface area contributed by atoms with Crippen LogP contribution in [0.25, 0.3) is 0 Å². The lowest BCUT2D eigenvalue weighted by Gasteiger charge is -2.31. The van der Waals surface area contributed by atoms with Gasteiger partial charge in [0.15, 0.2) is 5.76 Å². The molecule has 6 heteroatoms. The van der Waals surface area contributed by atoms with E-state index in [0.717, 1.165) is 31.8 Å². The predicted octanol–water partition coefficient (Wildman–Crippen LogP) is 2.94. The number of nitrogens with zero attached hydrogens (tertiary/aromatic N) is 4. The summed E-state index contributed by atoms with van der Waals surface area (Å²) >= 11 is 0. The molecule has 0 unspecified atom stereocenters. The van der Waals surface area contributed by atoms with Crippen molar-refractivity contribution in [3.8, 4) is 0 Å². The fraction of sp³-hybridized carbons (Fsp3) is 0.316. The molecule has 1 amide bonds. The highest BCUT2D eigenvalue weighted by molar-refractivity contribution is 5.91. The largest absolute Gasteiger partial charge is 0.459 e. The van der Waals surface area contributed by atoms with Gasteiger partial charge >= 0.3 is 0 Å². The average molecular weight is 336 g/mol. The molecule has 1 atom stereocenters. The molecule has 1 aliphatic rings. The van der Waals surface area contributed by atoms with Crippen LogP contribution < -0.4 is 0 Å². The lowest BCUT2D eigenvalue weighted by atomic mass is 9.96. The van der Waals surface area contributed by atoms with Gasteiger partial charge in [-0.1, -0.05) is 30.3 Å². The molecule has 2 aromatic heterocycles. The molecule has 1 saturated heterocycles. The normalized spacial score (nSPS) is 17.6. The van der Waals surface area contributed by atoms with Crippen molar-refractivity contribution < 1.29 is 9.21 Å². The van der Waals surface area contributed by atoms with Gasteiger partial charge in [-0.05, 0) is 30.5 Å². The number of rotatable bonds is 4. The van der Waals surface area contributed by atoms with E-state index < -0.39 is 0 Å². The number of likely N-dealkylation sites (tertiary alicyclic amines) is 1. The Bertz CT molecular complexity index is 826. The molecular weight excluding hydrogens is 316 g/mol. The van der Waals surface area contributed by atoms with Crippen molar-refractivity contribution in [1.29, 1.82) is 0 Å². The zero-order valence-corrected chi connectivity index (χ0v) is 13.9. The Morgan fingerprint density at radius 3 is 2.88 bits per heavy atom. The first-order valence-corrected chi connectivity index (χ1v) is 8.55. The minimum Gasteiger partial charge on any atom is -0.459 e. The summed E-state index contributed by atoms with van der Waals surface area (Å²) in [5, 5.41) is 8.45. The fourth-order valence-corrected chi connectivity index (χ4v) is 3.41. The molecule has 25 heavy (non-hydrogen) atoms. The molecule has 3 aromatic rings. The number of furan rings is 1. The van der Waals surface area contributed by atoms with Crippen LogP contribution in [0.4, 0.5) is 0 Å². The molecule has 128 valence electrons. The Labute approximate surface area is 146 Å². The minimum atomic E-state index is -0.0520. The summed E-state index contributed by atoms with van der Waals surface area (Å²) < 4.78 is 7.34. The number of piperidine rings is 1. The number of benzene rings is 1. The average Bonchev–Trinajstić information content (AvgIpc) is 3.34. The third-order valence-electron chi connectivity index (χ3n) is 4.65. The van der Waals surface area contributed by atoms with Gasteiger partial charge in [-0.15, -0.1) is 10.2 Å². The van der Waals surface area contributed by atoms with E-state index in [-0.39, 0.29) is 11.8 Å². The Balaban J connectivity index is 1.50. The van der Waals surface area contributed by atoms with Gasteiger partial charge in [0.1, 0.15) is 12.2 Å². The maximum Gasteiger partial charge on any atom is 0.289 e. The zero-order chi connectivity index (χ0) is 17.1. The maximum absolute atomic E-state index is 12.5. The molecule has 0 spiro atoms. The molecular formula is C19H20N4O2. The molecule has 0 bridgehead atoms. The van der Waals surface area contributed by atoms with Gasteiger partial charge in [-0.3, -0.25) is 4.79 Å². The SMILES string of the molecule is O=C(c1ccco1)N1CCC[C@H](c2nncn2Cc2ccccc2)C1. The van der Waals surface area contributed by atoms with E-state index in [1.807, 2.05) is 23.1 Å². The summed E-state index contributed by atoms with van der Waals surface area (Å²) in [4.78, 5) is 14.4. The standard InChI is InChI=1S/C19H20N4O2/c24-19(17-9-5-11-25-17)22-10-4-8-16(13-22)18-21-20-14-23(18)12-15-6-2-1-3-7-15/h1-3,5-7,9,11,14,16H,4,8,10,12-13H2/t16-/m0/s1. The van der Waals surface area contributed by atoms with Gasteiger partial charge in [-0.2, -0.15) is 0 Å². The number of aromatic nitrogens is 3. The third kappa shape index (κ3) is 3.33. The second-order valence-electron chi connectivity index (χ2n) is 6.37. The number of carbonyl (C=O) groups is 1. The summed E-state index contributed by atoms with van der Waals surface area (Å²) in [6, 6.07) is 13.7. The Hall–Kier alpha value is -2.89. The lowest BCUT2D eigenvalue weighted by Crippen LogP contribution is -2.39. The summed E-state index contributed by atoms with van der Waals surface area (Å²) in [6.45, 7) is 2.14. The van der Waals surface area contributed by atoms with Crippen LogP contribution in [0.15, 0.2) is 59.5 Å². The highest BCUT2D eigenvalue weighted by Crippen LogP contribution is 2.27. The predicted molar refractivity (Wildman–Crippen MR) is 92.2 cm³/mol. The van der Waals surface area contributed by atoms with Crippen molar-refractivity contribution in [2.75, 3.05) is 13.1 Å². The first kappa shape index (κ1) is 15.6. The van der Waals surface area contributed by atoms with Crippen LogP contribution in [-0.2, 0) is 6.54 Å². The molecule has 1 fully saturated rings. The minimum absolute atomic E-state index is 0.0520. The first-order valence-electron chi connectivity index (χ1n) is 8.55. The van der Waals surface area contributed by atoms with Crippen molar-refractivity contribution >= 4 is 5.91 Å². The molecule has 6 nitrogen and oxygen atoms in total.